The molecule has 0 bridgehead atoms. The number of H-pyrrole nitrogens is 1. The van der Waals surface area contributed by atoms with Crippen LogP contribution >= 0.6 is 0 Å². The summed E-state index contributed by atoms with van der Waals surface area (Å²) in [6, 6.07) is 21.1. The molecule has 3 aromatic carbocycles. The summed E-state index contributed by atoms with van der Waals surface area (Å²) in [5, 5.41) is 10.2. The number of hydrogen-bond donors (Lipinski definition) is 3. The van der Waals surface area contributed by atoms with Gasteiger partial charge in [-0.25, -0.2) is 19.2 Å². The lowest BCUT2D eigenvalue weighted by Crippen LogP contribution is -2.50. The number of carbonyl (C=O) groups excluding carboxylic acids is 3. The molecule has 0 radical (unpaired) electrons. The Morgan fingerprint density at radius 3 is 2.30 bits per heavy atom. The summed E-state index contributed by atoms with van der Waals surface area (Å²) in [6.07, 6.45) is 3.82. The first-order chi connectivity index (χ1) is 30.8. The third kappa shape index (κ3) is 8.91. The summed E-state index contributed by atoms with van der Waals surface area (Å²) in [5.41, 5.74) is 8.45. The highest BCUT2D eigenvalue weighted by Gasteiger charge is 2.29. The Labute approximate surface area is 371 Å². The van der Waals surface area contributed by atoms with Crippen LogP contribution in [0.4, 0.5) is 26.2 Å². The number of benzene rings is 3. The molecule has 3 aliphatic heterocycles. The van der Waals surface area contributed by atoms with Gasteiger partial charge in [0.1, 0.15) is 17.8 Å². The maximum atomic E-state index is 15.2. The van der Waals surface area contributed by atoms with E-state index in [0.29, 0.717) is 11.7 Å². The van der Waals surface area contributed by atoms with Crippen molar-refractivity contribution in [2.45, 2.75) is 65.3 Å². The molecule has 0 spiro atoms. The third-order valence-corrected chi connectivity index (χ3v) is 12.8. The summed E-state index contributed by atoms with van der Waals surface area (Å²) >= 11 is 0. The molecule has 15 nitrogen and oxygen atoms in total. The largest absolute Gasteiger partial charge is 0.371 e. The molecule has 6 heterocycles. The monoisotopic (exact) mass is 867 g/mol. The molecule has 332 valence electrons. The maximum Gasteiger partial charge on any atom is 0.328 e. The van der Waals surface area contributed by atoms with Gasteiger partial charge in [0.2, 0.25) is 5.91 Å². The number of piperazine rings is 1. The Balaban J connectivity index is 0.771. The fourth-order valence-electron chi connectivity index (χ4n) is 9.08. The molecule has 4 amide bonds. The number of nitrogens with one attached hydrogen (secondary N) is 3. The number of anilines is 3. The van der Waals surface area contributed by atoms with Crippen LogP contribution in [0, 0.1) is 18.7 Å². The van der Waals surface area contributed by atoms with E-state index in [0.717, 1.165) is 109 Å². The smallest absolute Gasteiger partial charge is 0.328 e. The van der Waals surface area contributed by atoms with Crippen molar-refractivity contribution in [2.24, 2.45) is 5.92 Å². The Kier molecular flexibility index (Phi) is 11.6. The number of nitrogens with zero attached hydrogens (tertiary/aromatic N) is 8. The molecule has 3 N–H and O–H groups in total. The van der Waals surface area contributed by atoms with Crippen molar-refractivity contribution in [3.63, 3.8) is 0 Å². The summed E-state index contributed by atoms with van der Waals surface area (Å²) in [7, 11) is 0. The Morgan fingerprint density at radius 1 is 0.891 bits per heavy atom. The van der Waals surface area contributed by atoms with E-state index in [9.17, 15) is 14.4 Å². The first kappa shape index (κ1) is 42.6. The molecule has 1 atom stereocenters. The number of amides is 4. The van der Waals surface area contributed by atoms with Crippen LogP contribution in [-0.4, -0.2) is 100 Å². The molecule has 3 fully saturated rings. The molecule has 0 aliphatic carbocycles. The second-order valence-electron chi connectivity index (χ2n) is 18.3. The molecule has 3 saturated heterocycles. The van der Waals surface area contributed by atoms with Crippen molar-refractivity contribution in [1.29, 1.82) is 0 Å². The number of piperidine rings is 1. The first-order valence-electron chi connectivity index (χ1n) is 22.1. The summed E-state index contributed by atoms with van der Waals surface area (Å²) in [6.45, 7) is 16.7. The van der Waals surface area contributed by atoms with Gasteiger partial charge < -0.3 is 24.6 Å². The SMILES string of the molecule is Cc1cc(-c2ncnc3[nH]c(-c4ccc(N5CCN(CC6CCN(c7ccc(N8CCC(=O)NC8=O)c(F)c7)CC6)CC5)cc4)cc23)ccc1C(C)NC(=O)c1nc(C(C)(C)C)no1. The number of urea groups is 1. The van der Waals surface area contributed by atoms with Gasteiger partial charge in [0.05, 0.1) is 17.4 Å². The summed E-state index contributed by atoms with van der Waals surface area (Å²) in [5.74, 6) is -0.194. The van der Waals surface area contributed by atoms with Gasteiger partial charge in [0.15, 0.2) is 5.82 Å². The third-order valence-electron chi connectivity index (χ3n) is 12.8. The first-order valence-corrected chi connectivity index (χ1v) is 22.1. The van der Waals surface area contributed by atoms with Crippen LogP contribution in [0.15, 0.2) is 77.6 Å². The standard InChI is InChI=1S/C48H54FN11O4/c1-29-24-33(8-12-36(29)30(2)52-44(62)45-55-46(56-64-45)48(3,4)5)42-37-26-39(53-43(37)51-28-50-42)32-6-9-34(10-7-32)59-22-20-57(21-23-59)27-31-14-17-58(18-15-31)35-11-13-40(38(49)25-35)60-19-16-41(61)54-47(60)63/h6-13,24-26,28,30-31H,14-23,27H2,1-5H3,(H,52,62)(H,50,51,53)(H,54,61,63). The molecule has 6 aromatic rings. The van der Waals surface area contributed by atoms with Crippen molar-refractivity contribution in [3.05, 3.63) is 102 Å². The van der Waals surface area contributed by atoms with E-state index in [1.165, 1.54) is 16.7 Å². The van der Waals surface area contributed by atoms with E-state index >= 15 is 4.39 Å². The van der Waals surface area contributed by atoms with Gasteiger partial charge in [-0.3, -0.25) is 24.7 Å². The van der Waals surface area contributed by atoms with Crippen molar-refractivity contribution in [1.82, 2.24) is 40.6 Å². The molecule has 64 heavy (non-hydrogen) atoms. The van der Waals surface area contributed by atoms with Crippen LogP contribution in [0.25, 0.3) is 33.5 Å². The Bertz CT molecular complexity index is 2690. The van der Waals surface area contributed by atoms with Crippen LogP contribution in [0.1, 0.15) is 80.6 Å². The lowest BCUT2D eigenvalue weighted by molar-refractivity contribution is -0.120. The quantitative estimate of drug-likeness (QED) is 0.126. The number of fused-ring (bicyclic) bond motifs is 1. The lowest BCUT2D eigenvalue weighted by Gasteiger charge is -2.40. The van der Waals surface area contributed by atoms with Crippen molar-refractivity contribution in [2.75, 3.05) is 67.1 Å². The Morgan fingerprint density at radius 2 is 1.61 bits per heavy atom. The van der Waals surface area contributed by atoms with Crippen LogP contribution in [0.2, 0.25) is 0 Å². The minimum atomic E-state index is -0.582. The van der Waals surface area contributed by atoms with Crippen LogP contribution in [0.5, 0.6) is 0 Å². The number of hydrogen-bond acceptors (Lipinski definition) is 11. The van der Waals surface area contributed by atoms with Crippen molar-refractivity contribution in [3.8, 4) is 22.5 Å². The number of aromatic amines is 1. The van der Waals surface area contributed by atoms with E-state index in [-0.39, 0.29) is 41.9 Å². The van der Waals surface area contributed by atoms with Crippen LogP contribution < -0.4 is 25.3 Å². The van der Waals surface area contributed by atoms with E-state index in [2.05, 4.69) is 81.8 Å². The van der Waals surface area contributed by atoms with Crippen molar-refractivity contribution < 1.29 is 23.3 Å². The van der Waals surface area contributed by atoms with Gasteiger partial charge in [-0.05, 0) is 91.8 Å². The van der Waals surface area contributed by atoms with Gasteiger partial charge in [0.25, 0.3) is 0 Å². The lowest BCUT2D eigenvalue weighted by atomic mass is 9.95. The predicted octanol–water partition coefficient (Wildman–Crippen LogP) is 7.40. The number of aryl methyl sites for hydroxylation is 1. The van der Waals surface area contributed by atoms with E-state index in [1.807, 2.05) is 52.8 Å². The molecule has 0 saturated carbocycles. The highest BCUT2D eigenvalue weighted by atomic mass is 19.1. The summed E-state index contributed by atoms with van der Waals surface area (Å²) in [4.78, 5) is 62.3. The fraction of sp³-hybridized carbons (Fsp3) is 0.396. The molecule has 16 heteroatoms. The fourth-order valence-corrected chi connectivity index (χ4v) is 9.08. The van der Waals surface area contributed by atoms with Crippen molar-refractivity contribution >= 4 is 45.9 Å². The minimum Gasteiger partial charge on any atom is -0.371 e. The number of rotatable bonds is 10. The highest BCUT2D eigenvalue weighted by Crippen LogP contribution is 2.34. The van der Waals surface area contributed by atoms with Gasteiger partial charge in [-0.15, -0.1) is 0 Å². The number of halogens is 1. The normalized spacial score (nSPS) is 17.2. The predicted molar refractivity (Wildman–Crippen MR) is 244 cm³/mol. The van der Waals surface area contributed by atoms with Gasteiger partial charge in [0, 0.05) is 92.2 Å². The maximum absolute atomic E-state index is 15.2. The zero-order valence-corrected chi connectivity index (χ0v) is 36.9. The second kappa shape index (κ2) is 17.5. The van der Waals surface area contributed by atoms with Crippen LogP contribution in [-0.2, 0) is 10.2 Å². The number of imide groups is 1. The molecular weight excluding hydrogens is 814 g/mol. The number of carbonyl (C=O) groups is 3. The average molecular weight is 868 g/mol. The minimum absolute atomic E-state index is 0.0525. The second-order valence-corrected chi connectivity index (χ2v) is 18.3. The molecular formula is C48H54FN11O4. The molecule has 1 unspecified atom stereocenters. The van der Waals surface area contributed by atoms with Gasteiger partial charge in [-0.2, -0.15) is 4.98 Å². The molecule has 3 aliphatic rings. The number of aromatic nitrogens is 5. The zero-order valence-electron chi connectivity index (χ0n) is 36.9. The molecule has 9 rings (SSSR count). The van der Waals surface area contributed by atoms with Gasteiger partial charge >= 0.3 is 17.8 Å². The molecule has 3 aromatic heterocycles. The average Bonchev–Trinajstić information content (AvgIpc) is 3.97. The van der Waals surface area contributed by atoms with E-state index in [4.69, 9.17) is 9.51 Å². The van der Waals surface area contributed by atoms with E-state index < -0.39 is 17.8 Å². The van der Waals surface area contributed by atoms with Crippen LogP contribution in [0.3, 0.4) is 0 Å². The summed E-state index contributed by atoms with van der Waals surface area (Å²) < 4.78 is 20.4. The van der Waals surface area contributed by atoms with Gasteiger partial charge in [-0.1, -0.05) is 50.2 Å². The Hall–Kier alpha value is -6.68. The van der Waals surface area contributed by atoms with E-state index in [1.54, 1.807) is 12.4 Å². The topological polar surface area (TPSA) is 169 Å². The zero-order chi connectivity index (χ0) is 44.7. The highest BCUT2D eigenvalue weighted by molar-refractivity contribution is 6.05.